The van der Waals surface area contributed by atoms with E-state index < -0.39 is 0 Å². The molecular formula is C25H40O3. The number of carbonyl (C=O) groups is 1. The Morgan fingerprint density at radius 1 is 1.21 bits per heavy atom. The number of hydrogen-bond donors (Lipinski definition) is 1. The molecule has 4 aliphatic carbocycles. The molecule has 3 saturated carbocycles. The Bertz CT molecular complexity index is 640. The van der Waals surface area contributed by atoms with Gasteiger partial charge in [-0.2, -0.15) is 0 Å². The lowest BCUT2D eigenvalue weighted by molar-refractivity contribution is -0.141. The molecule has 0 aromatic rings. The Hall–Kier alpha value is -0.830. The molecular weight excluding hydrogens is 348 g/mol. The summed E-state index contributed by atoms with van der Waals surface area (Å²) in [6, 6.07) is 0. The highest BCUT2D eigenvalue weighted by molar-refractivity contribution is 5.69. The van der Waals surface area contributed by atoms with Crippen molar-refractivity contribution >= 4 is 5.97 Å². The van der Waals surface area contributed by atoms with Crippen molar-refractivity contribution in [2.24, 2.45) is 40.4 Å². The molecule has 0 spiro atoms. The molecule has 1 N–H and O–H groups in total. The minimum absolute atomic E-state index is 0.0624. The summed E-state index contributed by atoms with van der Waals surface area (Å²) in [5, 5.41) is 10.2. The molecule has 0 amide bonds. The van der Waals surface area contributed by atoms with Crippen molar-refractivity contribution in [2.75, 3.05) is 7.11 Å². The number of aliphatic hydroxyl groups excluding tert-OH is 1. The summed E-state index contributed by atoms with van der Waals surface area (Å²) in [5.41, 5.74) is 2.34. The van der Waals surface area contributed by atoms with Gasteiger partial charge >= 0.3 is 5.97 Å². The van der Waals surface area contributed by atoms with E-state index in [0.717, 1.165) is 42.9 Å². The number of ether oxygens (including phenoxy) is 1. The Morgan fingerprint density at radius 2 is 2.00 bits per heavy atom. The molecule has 4 rings (SSSR count). The van der Waals surface area contributed by atoms with Gasteiger partial charge in [0.25, 0.3) is 0 Å². The van der Waals surface area contributed by atoms with E-state index in [1.807, 2.05) is 0 Å². The van der Waals surface area contributed by atoms with Crippen LogP contribution in [0.3, 0.4) is 0 Å². The van der Waals surface area contributed by atoms with Crippen LogP contribution in [0.5, 0.6) is 0 Å². The van der Waals surface area contributed by atoms with E-state index in [0.29, 0.717) is 23.2 Å². The van der Waals surface area contributed by atoms with Crippen LogP contribution < -0.4 is 0 Å². The Balaban J connectivity index is 1.51. The van der Waals surface area contributed by atoms with Gasteiger partial charge in [0.1, 0.15) is 0 Å². The van der Waals surface area contributed by atoms with Gasteiger partial charge in [0.05, 0.1) is 13.2 Å². The predicted octanol–water partition coefficient (Wildman–Crippen LogP) is 5.52. The third-order valence-corrected chi connectivity index (χ3v) is 9.87. The standard InChI is InChI=1S/C25H40O3/c1-16(5-10-23(27)28-4)20-8-9-21-19-7-6-17-15-18(26)11-13-24(17,2)22(19)12-14-25(20,21)3/h6,16,18-22,26H,5,7-15H2,1-4H3/t16-,18+,19+,20-,21?,22?,24+,25-/m1/s1. The smallest absolute Gasteiger partial charge is 0.305 e. The number of aliphatic hydroxyl groups is 1. The number of rotatable bonds is 4. The highest BCUT2D eigenvalue weighted by Gasteiger charge is 2.59. The largest absolute Gasteiger partial charge is 0.469 e. The minimum Gasteiger partial charge on any atom is -0.469 e. The summed E-state index contributed by atoms with van der Waals surface area (Å²) in [7, 11) is 1.50. The molecule has 0 heterocycles. The van der Waals surface area contributed by atoms with Crippen LogP contribution in [0.25, 0.3) is 0 Å². The maximum atomic E-state index is 11.6. The van der Waals surface area contributed by atoms with E-state index in [2.05, 4.69) is 26.8 Å². The lowest BCUT2D eigenvalue weighted by Gasteiger charge is -2.58. The van der Waals surface area contributed by atoms with E-state index >= 15 is 0 Å². The van der Waals surface area contributed by atoms with Crippen LogP contribution >= 0.6 is 0 Å². The summed E-state index contributed by atoms with van der Waals surface area (Å²) >= 11 is 0. The van der Waals surface area contributed by atoms with Crippen LogP contribution in [0.15, 0.2) is 11.6 Å². The average Bonchev–Trinajstić information content (AvgIpc) is 3.03. The SMILES string of the molecule is COC(=O)CC[C@@H](C)[C@H]1CCC2[C@@H]3CC=C4C[C@@H](O)CC[C@]4(C)C3CC[C@@]21C. The van der Waals surface area contributed by atoms with Gasteiger partial charge < -0.3 is 9.84 Å². The van der Waals surface area contributed by atoms with Crippen LogP contribution in [-0.2, 0) is 9.53 Å². The fourth-order valence-corrected chi connectivity index (χ4v) is 8.27. The molecule has 2 unspecified atom stereocenters. The van der Waals surface area contributed by atoms with Crippen molar-refractivity contribution in [1.29, 1.82) is 0 Å². The lowest BCUT2D eigenvalue weighted by atomic mass is 9.47. The van der Waals surface area contributed by atoms with Gasteiger partial charge in [-0.25, -0.2) is 0 Å². The summed E-state index contributed by atoms with van der Waals surface area (Å²) in [5.74, 6) is 3.74. The molecule has 158 valence electrons. The number of methoxy groups -OCH3 is 1. The monoisotopic (exact) mass is 388 g/mol. The van der Waals surface area contributed by atoms with Gasteiger partial charge in [-0.05, 0) is 98.2 Å². The molecule has 0 bridgehead atoms. The van der Waals surface area contributed by atoms with E-state index in [1.54, 1.807) is 5.57 Å². The molecule has 28 heavy (non-hydrogen) atoms. The van der Waals surface area contributed by atoms with E-state index in [9.17, 15) is 9.90 Å². The molecule has 0 radical (unpaired) electrons. The second-order valence-corrected chi connectivity index (χ2v) is 11.0. The molecule has 3 fully saturated rings. The van der Waals surface area contributed by atoms with Gasteiger partial charge in [-0.1, -0.05) is 32.4 Å². The first kappa shape index (κ1) is 20.4. The van der Waals surface area contributed by atoms with Crippen molar-refractivity contribution in [1.82, 2.24) is 0 Å². The summed E-state index contributed by atoms with van der Waals surface area (Å²) in [6.45, 7) is 7.46. The minimum atomic E-state index is -0.115. The van der Waals surface area contributed by atoms with Crippen LogP contribution in [-0.4, -0.2) is 24.3 Å². The highest BCUT2D eigenvalue weighted by Crippen LogP contribution is 2.67. The van der Waals surface area contributed by atoms with Crippen LogP contribution in [0, 0.1) is 40.4 Å². The second-order valence-electron chi connectivity index (χ2n) is 11.0. The Labute approximate surface area is 171 Å². The Kier molecular flexibility index (Phi) is 5.44. The molecule has 3 heteroatoms. The fraction of sp³-hybridized carbons (Fsp3) is 0.880. The number of carbonyl (C=O) groups excluding carboxylic acids is 1. The average molecular weight is 389 g/mol. The van der Waals surface area contributed by atoms with E-state index in [-0.39, 0.29) is 12.1 Å². The second kappa shape index (κ2) is 7.45. The van der Waals surface area contributed by atoms with Gasteiger partial charge in [0.15, 0.2) is 0 Å². The van der Waals surface area contributed by atoms with Gasteiger partial charge in [0, 0.05) is 6.42 Å². The maximum Gasteiger partial charge on any atom is 0.305 e. The summed E-state index contributed by atoms with van der Waals surface area (Å²) < 4.78 is 4.87. The molecule has 0 saturated heterocycles. The topological polar surface area (TPSA) is 46.5 Å². The third-order valence-electron chi connectivity index (χ3n) is 9.87. The zero-order valence-electron chi connectivity index (χ0n) is 18.4. The molecule has 0 aromatic carbocycles. The summed E-state index contributed by atoms with van der Waals surface area (Å²) in [4.78, 5) is 11.6. The molecule has 8 atom stereocenters. The Morgan fingerprint density at radius 3 is 2.75 bits per heavy atom. The zero-order chi connectivity index (χ0) is 20.1. The van der Waals surface area contributed by atoms with E-state index in [1.165, 1.54) is 45.6 Å². The molecule has 0 aromatic heterocycles. The number of hydrogen-bond acceptors (Lipinski definition) is 3. The van der Waals surface area contributed by atoms with E-state index in [4.69, 9.17) is 4.74 Å². The predicted molar refractivity (Wildman–Crippen MR) is 112 cm³/mol. The number of fused-ring (bicyclic) bond motifs is 5. The van der Waals surface area contributed by atoms with Crippen molar-refractivity contribution in [3.63, 3.8) is 0 Å². The van der Waals surface area contributed by atoms with Crippen molar-refractivity contribution < 1.29 is 14.6 Å². The van der Waals surface area contributed by atoms with Crippen LogP contribution in [0.4, 0.5) is 0 Å². The molecule has 0 aliphatic heterocycles. The quantitative estimate of drug-likeness (QED) is 0.510. The van der Waals surface area contributed by atoms with Gasteiger partial charge in [-0.15, -0.1) is 0 Å². The number of esters is 1. The van der Waals surface area contributed by atoms with Gasteiger partial charge in [0.2, 0.25) is 0 Å². The van der Waals surface area contributed by atoms with Crippen molar-refractivity contribution in [2.45, 2.75) is 91.1 Å². The first-order valence-electron chi connectivity index (χ1n) is 11.7. The first-order valence-corrected chi connectivity index (χ1v) is 11.7. The number of allylic oxidation sites excluding steroid dienone is 1. The fourth-order valence-electron chi connectivity index (χ4n) is 8.27. The van der Waals surface area contributed by atoms with Crippen LogP contribution in [0.1, 0.15) is 85.0 Å². The molecule has 3 nitrogen and oxygen atoms in total. The van der Waals surface area contributed by atoms with Gasteiger partial charge in [-0.3, -0.25) is 4.79 Å². The van der Waals surface area contributed by atoms with Crippen molar-refractivity contribution in [3.8, 4) is 0 Å². The third kappa shape index (κ3) is 3.16. The highest BCUT2D eigenvalue weighted by atomic mass is 16.5. The maximum absolute atomic E-state index is 11.6. The zero-order valence-corrected chi connectivity index (χ0v) is 18.4. The summed E-state index contributed by atoms with van der Waals surface area (Å²) in [6.07, 6.45) is 13.6. The van der Waals surface area contributed by atoms with Crippen LogP contribution in [0.2, 0.25) is 0 Å². The molecule has 4 aliphatic rings. The normalized spacial score (nSPS) is 46.0. The first-order chi connectivity index (χ1) is 13.3. The lowest BCUT2D eigenvalue weighted by Crippen LogP contribution is -2.50. The van der Waals surface area contributed by atoms with Crippen molar-refractivity contribution in [3.05, 3.63) is 11.6 Å².